The van der Waals surface area contributed by atoms with Crippen molar-refractivity contribution in [2.24, 2.45) is 5.73 Å². The molecular weight excluding hydrogens is 428 g/mol. The van der Waals surface area contributed by atoms with Gasteiger partial charge in [-0.15, -0.1) is 0 Å². The summed E-state index contributed by atoms with van der Waals surface area (Å²) in [6, 6.07) is 3.48. The van der Waals surface area contributed by atoms with Crippen LogP contribution in [0.4, 0.5) is 0 Å². The van der Waals surface area contributed by atoms with Crippen molar-refractivity contribution in [3.63, 3.8) is 0 Å². The van der Waals surface area contributed by atoms with Crippen LogP contribution in [-0.2, 0) is 25.6 Å². The molecule has 0 aliphatic rings. The summed E-state index contributed by atoms with van der Waals surface area (Å²) in [7, 11) is 0. The van der Waals surface area contributed by atoms with Gasteiger partial charge in [-0.3, -0.25) is 14.4 Å². The summed E-state index contributed by atoms with van der Waals surface area (Å²) in [6.45, 7) is 0.586. The first kappa shape index (κ1) is 26.4. The van der Waals surface area contributed by atoms with Crippen molar-refractivity contribution in [3.8, 4) is 0 Å². The molecule has 0 saturated heterocycles. The highest BCUT2D eigenvalue weighted by molar-refractivity contribution is 7.80. The lowest BCUT2D eigenvalue weighted by molar-refractivity contribution is -0.145. The predicted molar refractivity (Wildman–Crippen MR) is 114 cm³/mol. The molecule has 8 N–H and O–H groups in total. The fourth-order valence-electron chi connectivity index (χ4n) is 2.53. The molecule has 0 aliphatic carbocycles. The maximum absolute atomic E-state index is 12.7. The monoisotopic (exact) mass is 456 g/mol. The van der Waals surface area contributed by atoms with Crippen LogP contribution >= 0.6 is 12.6 Å². The number of aliphatic hydroxyl groups excluding tert-OH is 2. The Morgan fingerprint density at radius 1 is 1.00 bits per heavy atom. The second-order valence-electron chi connectivity index (χ2n) is 6.85. The van der Waals surface area contributed by atoms with E-state index in [4.69, 9.17) is 10.8 Å². The van der Waals surface area contributed by atoms with Crippen LogP contribution in [0, 0.1) is 0 Å². The largest absolute Gasteiger partial charge is 0.480 e. The summed E-state index contributed by atoms with van der Waals surface area (Å²) in [5, 5.41) is 34.8. The molecule has 1 aromatic rings. The summed E-state index contributed by atoms with van der Waals surface area (Å²) in [6.07, 6.45) is -1.35. The van der Waals surface area contributed by atoms with Crippen molar-refractivity contribution >= 4 is 36.3 Å². The Hall–Kier alpha value is -2.67. The summed E-state index contributed by atoms with van der Waals surface area (Å²) in [5.74, 6) is -3.93. The van der Waals surface area contributed by atoms with E-state index in [1.807, 2.05) is 0 Å². The van der Waals surface area contributed by atoms with Crippen LogP contribution in [0.25, 0.3) is 0 Å². The molecule has 1 aromatic carbocycles. The van der Waals surface area contributed by atoms with Crippen molar-refractivity contribution in [1.82, 2.24) is 16.0 Å². The van der Waals surface area contributed by atoms with Crippen LogP contribution in [0.1, 0.15) is 12.5 Å². The van der Waals surface area contributed by atoms with Gasteiger partial charge in [0, 0.05) is 12.2 Å². The molecule has 1 rings (SSSR count). The molecule has 31 heavy (non-hydrogen) atoms. The first-order valence-corrected chi connectivity index (χ1v) is 10.1. The minimum absolute atomic E-state index is 0.0218. The third kappa shape index (κ3) is 8.53. The molecule has 0 aromatic heterocycles. The van der Waals surface area contributed by atoms with Crippen molar-refractivity contribution in [2.45, 2.75) is 43.6 Å². The highest BCUT2D eigenvalue weighted by Gasteiger charge is 2.31. The molecule has 11 nitrogen and oxygen atoms in total. The predicted octanol–water partition coefficient (Wildman–Crippen LogP) is -2.60. The van der Waals surface area contributed by atoms with Crippen LogP contribution in [-0.4, -0.2) is 81.6 Å². The number of carboxylic acid groups (broad SMARTS) is 1. The Bertz CT molecular complexity index is 763. The molecule has 0 heterocycles. The number of hydrogen-bond donors (Lipinski definition) is 8. The zero-order valence-corrected chi connectivity index (χ0v) is 17.8. The Kier molecular flexibility index (Phi) is 11.0. The lowest BCUT2D eigenvalue weighted by atomic mass is 10.0. The average Bonchev–Trinajstić information content (AvgIpc) is 2.74. The molecule has 0 saturated carbocycles. The fraction of sp³-hybridized carbons (Fsp3) is 0.474. The van der Waals surface area contributed by atoms with Gasteiger partial charge in [-0.2, -0.15) is 12.6 Å². The van der Waals surface area contributed by atoms with Gasteiger partial charge in [-0.1, -0.05) is 30.3 Å². The van der Waals surface area contributed by atoms with E-state index >= 15 is 0 Å². The van der Waals surface area contributed by atoms with E-state index < -0.39 is 60.6 Å². The maximum atomic E-state index is 12.7. The molecule has 0 radical (unpaired) electrons. The number of thiol groups is 1. The van der Waals surface area contributed by atoms with Crippen molar-refractivity contribution in [2.75, 3.05) is 12.4 Å². The number of nitrogens with two attached hydrogens (primary N) is 1. The number of amides is 3. The van der Waals surface area contributed by atoms with E-state index in [1.165, 1.54) is 6.92 Å². The molecule has 5 unspecified atom stereocenters. The first-order valence-electron chi connectivity index (χ1n) is 9.43. The molecule has 0 spiro atoms. The van der Waals surface area contributed by atoms with E-state index in [1.54, 1.807) is 30.3 Å². The third-order valence-electron chi connectivity index (χ3n) is 4.31. The first-order chi connectivity index (χ1) is 14.6. The Labute approximate surface area is 184 Å². The number of aliphatic carboxylic acids is 1. The van der Waals surface area contributed by atoms with E-state index in [0.717, 1.165) is 0 Å². The summed E-state index contributed by atoms with van der Waals surface area (Å²) >= 11 is 4.02. The van der Waals surface area contributed by atoms with Crippen molar-refractivity contribution in [3.05, 3.63) is 35.9 Å². The van der Waals surface area contributed by atoms with Crippen LogP contribution in [0.3, 0.4) is 0 Å². The minimum Gasteiger partial charge on any atom is -0.480 e. The molecular formula is C19H28N4O7S. The molecule has 12 heteroatoms. The summed E-state index contributed by atoms with van der Waals surface area (Å²) in [4.78, 5) is 48.6. The Balaban J connectivity index is 3.01. The van der Waals surface area contributed by atoms with Gasteiger partial charge < -0.3 is 37.0 Å². The smallest absolute Gasteiger partial charge is 0.328 e. The standard InChI is InChI=1S/C19H28N4O7S/c1-10(25)15(19(29)30)23-17(27)13(7-11-5-3-2-4-6-11)21-18(28)14(9-31)22-16(26)12(20)8-24/h2-6,10,12-15,24-25,31H,7-9,20H2,1H3,(H,21,28)(H,22,26)(H,23,27)(H,29,30). The van der Waals surface area contributed by atoms with Crippen molar-refractivity contribution in [1.29, 1.82) is 0 Å². The number of carbonyl (C=O) groups is 4. The van der Waals surface area contributed by atoms with Gasteiger partial charge in [-0.25, -0.2) is 4.79 Å². The maximum Gasteiger partial charge on any atom is 0.328 e. The molecule has 0 aliphatic heterocycles. The van der Waals surface area contributed by atoms with Gasteiger partial charge >= 0.3 is 5.97 Å². The zero-order valence-electron chi connectivity index (χ0n) is 16.9. The Morgan fingerprint density at radius 2 is 1.55 bits per heavy atom. The molecule has 3 amide bonds. The number of hydrogen-bond acceptors (Lipinski definition) is 8. The highest BCUT2D eigenvalue weighted by Crippen LogP contribution is 2.06. The molecule has 5 atom stereocenters. The lowest BCUT2D eigenvalue weighted by Gasteiger charge is -2.25. The van der Waals surface area contributed by atoms with Crippen LogP contribution in [0.2, 0.25) is 0 Å². The topological polar surface area (TPSA) is 191 Å². The third-order valence-corrected chi connectivity index (χ3v) is 4.68. The quantitative estimate of drug-likeness (QED) is 0.157. The summed E-state index contributed by atoms with van der Waals surface area (Å²) < 4.78 is 0. The SMILES string of the molecule is CC(O)C(NC(=O)C(Cc1ccccc1)NC(=O)C(CS)NC(=O)C(N)CO)C(=O)O. The van der Waals surface area contributed by atoms with Gasteiger partial charge in [0.25, 0.3) is 0 Å². The summed E-state index contributed by atoms with van der Waals surface area (Å²) in [5.41, 5.74) is 6.10. The zero-order chi connectivity index (χ0) is 23.6. The van der Waals surface area contributed by atoms with Crippen LogP contribution in [0.15, 0.2) is 30.3 Å². The molecule has 172 valence electrons. The average molecular weight is 457 g/mol. The van der Waals surface area contributed by atoms with Gasteiger partial charge in [-0.05, 0) is 12.5 Å². The van der Waals surface area contributed by atoms with Gasteiger partial charge in [0.1, 0.15) is 18.1 Å². The number of rotatable bonds is 12. The van der Waals surface area contributed by atoms with Crippen LogP contribution < -0.4 is 21.7 Å². The van der Waals surface area contributed by atoms with E-state index in [0.29, 0.717) is 5.56 Å². The van der Waals surface area contributed by atoms with E-state index in [9.17, 15) is 29.4 Å². The molecule has 0 bridgehead atoms. The highest BCUT2D eigenvalue weighted by atomic mass is 32.1. The number of aliphatic hydroxyl groups is 2. The minimum atomic E-state index is -1.58. The Morgan fingerprint density at radius 3 is 2.03 bits per heavy atom. The number of benzene rings is 1. The van der Waals surface area contributed by atoms with Gasteiger partial charge in [0.05, 0.1) is 12.7 Å². The fourth-order valence-corrected chi connectivity index (χ4v) is 2.79. The van der Waals surface area contributed by atoms with Crippen molar-refractivity contribution < 1.29 is 34.5 Å². The van der Waals surface area contributed by atoms with E-state index in [-0.39, 0.29) is 12.2 Å². The van der Waals surface area contributed by atoms with Gasteiger partial charge in [0.15, 0.2) is 6.04 Å². The number of carboxylic acids is 1. The second kappa shape index (κ2) is 12.9. The second-order valence-corrected chi connectivity index (χ2v) is 7.21. The number of nitrogens with one attached hydrogen (secondary N) is 3. The van der Waals surface area contributed by atoms with Crippen LogP contribution in [0.5, 0.6) is 0 Å². The van der Waals surface area contributed by atoms with Gasteiger partial charge in [0.2, 0.25) is 17.7 Å². The number of carbonyl (C=O) groups excluding carboxylic acids is 3. The normalized spacial score (nSPS) is 15.6. The lowest BCUT2D eigenvalue weighted by Crippen LogP contribution is -2.59. The molecule has 0 fully saturated rings. The van der Waals surface area contributed by atoms with E-state index in [2.05, 4.69) is 28.6 Å².